The molecule has 0 amide bonds. The maximum atomic E-state index is 12.3. The van der Waals surface area contributed by atoms with Crippen LogP contribution in [-0.4, -0.2) is 14.5 Å². The first-order chi connectivity index (χ1) is 9.19. The van der Waals surface area contributed by atoms with Gasteiger partial charge in [0.1, 0.15) is 11.6 Å². The second-order valence-corrected chi connectivity index (χ2v) is 4.29. The molecule has 0 radical (unpaired) electrons. The third kappa shape index (κ3) is 1.41. The van der Waals surface area contributed by atoms with Crippen molar-refractivity contribution in [3.05, 3.63) is 50.4 Å². The molecule has 1 N–H and O–H groups in total. The predicted octanol–water partition coefficient (Wildman–Crippen LogP) is 1.39. The van der Waals surface area contributed by atoms with Crippen molar-refractivity contribution in [1.82, 2.24) is 9.38 Å². The van der Waals surface area contributed by atoms with Gasteiger partial charge in [-0.05, 0) is 12.1 Å². The monoisotopic (exact) mass is 271 g/mol. The van der Waals surface area contributed by atoms with Crippen molar-refractivity contribution in [2.75, 3.05) is 0 Å². The van der Waals surface area contributed by atoms with Crippen molar-refractivity contribution >= 4 is 34.5 Å². The molecule has 0 saturated carbocycles. The Morgan fingerprint density at radius 2 is 2.16 bits per heavy atom. The predicted molar refractivity (Wildman–Crippen MR) is 71.0 cm³/mol. The fourth-order valence-corrected chi connectivity index (χ4v) is 2.31. The summed E-state index contributed by atoms with van der Waals surface area (Å²) in [5, 5.41) is 18.1. The van der Waals surface area contributed by atoms with E-state index in [1.165, 1.54) is 4.40 Å². The average molecular weight is 272 g/mol. The SMILES string of the molecule is N#Cc1c(Cl)c(=CO)c(=O)n2c1nc1ccccc12. The minimum Gasteiger partial charge on any atom is -0.515 e. The number of hydrogen-bond donors (Lipinski definition) is 1. The fourth-order valence-electron chi connectivity index (χ4n) is 2.06. The minimum absolute atomic E-state index is 0.0674. The summed E-state index contributed by atoms with van der Waals surface area (Å²) in [4.78, 5) is 16.5. The standard InChI is InChI=1S/C13H6ClN3O2/c14-11-7(5-15)12-16-9-3-1-2-4-10(9)17(12)13(19)8(11)6-18/h1-4,6,18H. The molecule has 0 spiro atoms. The molecule has 3 aromatic rings. The van der Waals surface area contributed by atoms with Gasteiger partial charge < -0.3 is 5.11 Å². The molecule has 0 aliphatic carbocycles. The van der Waals surface area contributed by atoms with E-state index in [1.807, 2.05) is 6.07 Å². The van der Waals surface area contributed by atoms with E-state index in [-0.39, 0.29) is 21.5 Å². The van der Waals surface area contributed by atoms with Gasteiger partial charge >= 0.3 is 0 Å². The quantitative estimate of drug-likeness (QED) is 0.670. The number of nitriles is 1. The lowest BCUT2D eigenvalue weighted by Crippen LogP contribution is -2.32. The summed E-state index contributed by atoms with van der Waals surface area (Å²) < 4.78 is 1.28. The number of fused-ring (bicyclic) bond motifs is 3. The zero-order chi connectivity index (χ0) is 13.6. The number of benzene rings is 1. The molecule has 3 rings (SSSR count). The number of rotatable bonds is 0. The first-order valence-electron chi connectivity index (χ1n) is 5.36. The molecule has 0 aliphatic rings. The second-order valence-electron chi connectivity index (χ2n) is 3.91. The third-order valence-corrected chi connectivity index (χ3v) is 3.31. The zero-order valence-corrected chi connectivity index (χ0v) is 10.2. The van der Waals surface area contributed by atoms with E-state index < -0.39 is 5.56 Å². The van der Waals surface area contributed by atoms with Crippen molar-refractivity contribution in [1.29, 1.82) is 5.26 Å². The van der Waals surface area contributed by atoms with Crippen LogP contribution < -0.4 is 10.8 Å². The van der Waals surface area contributed by atoms with Gasteiger partial charge in [-0.15, -0.1) is 0 Å². The van der Waals surface area contributed by atoms with Crippen LogP contribution in [0.5, 0.6) is 0 Å². The van der Waals surface area contributed by atoms with Crippen molar-refractivity contribution in [3.8, 4) is 6.07 Å². The zero-order valence-electron chi connectivity index (χ0n) is 9.46. The highest BCUT2D eigenvalue weighted by Crippen LogP contribution is 2.19. The lowest BCUT2D eigenvalue weighted by molar-refractivity contribution is 0.539. The molecule has 0 bridgehead atoms. The van der Waals surface area contributed by atoms with Crippen LogP contribution in [0.15, 0.2) is 29.1 Å². The van der Waals surface area contributed by atoms with E-state index in [9.17, 15) is 4.79 Å². The molecule has 0 atom stereocenters. The fraction of sp³-hybridized carbons (Fsp3) is 0. The maximum absolute atomic E-state index is 12.3. The van der Waals surface area contributed by atoms with E-state index in [2.05, 4.69) is 4.98 Å². The maximum Gasteiger partial charge on any atom is 0.268 e. The van der Waals surface area contributed by atoms with E-state index in [4.69, 9.17) is 22.0 Å². The molecule has 2 heterocycles. The molecule has 0 aliphatic heterocycles. The summed E-state index contributed by atoms with van der Waals surface area (Å²) >= 11 is 5.95. The first kappa shape index (κ1) is 11.5. The normalized spacial score (nSPS) is 12.1. The Morgan fingerprint density at radius 1 is 1.42 bits per heavy atom. The van der Waals surface area contributed by atoms with Gasteiger partial charge in [0, 0.05) is 0 Å². The molecular formula is C13H6ClN3O2. The van der Waals surface area contributed by atoms with E-state index in [0.717, 1.165) is 0 Å². The number of pyridine rings is 1. The van der Waals surface area contributed by atoms with Crippen LogP contribution in [0.4, 0.5) is 0 Å². The number of nitrogens with zero attached hydrogens (tertiary/aromatic N) is 3. The molecular weight excluding hydrogens is 266 g/mol. The molecule has 0 saturated heterocycles. The number of aliphatic hydroxyl groups is 1. The van der Waals surface area contributed by atoms with Crippen LogP contribution >= 0.6 is 11.6 Å². The van der Waals surface area contributed by atoms with Crippen molar-refractivity contribution in [3.63, 3.8) is 0 Å². The highest BCUT2D eigenvalue weighted by atomic mass is 35.5. The van der Waals surface area contributed by atoms with Crippen LogP contribution in [-0.2, 0) is 0 Å². The summed E-state index contributed by atoms with van der Waals surface area (Å²) in [7, 11) is 0. The Balaban J connectivity index is 2.78. The lowest BCUT2D eigenvalue weighted by Gasteiger charge is -1.99. The van der Waals surface area contributed by atoms with Crippen molar-refractivity contribution in [2.24, 2.45) is 0 Å². The van der Waals surface area contributed by atoms with Crippen molar-refractivity contribution in [2.45, 2.75) is 0 Å². The van der Waals surface area contributed by atoms with Gasteiger partial charge in [0.2, 0.25) is 0 Å². The Labute approximate surface area is 111 Å². The molecule has 1 aromatic carbocycles. The number of halogens is 1. The smallest absolute Gasteiger partial charge is 0.268 e. The molecule has 0 unspecified atom stereocenters. The summed E-state index contributed by atoms with van der Waals surface area (Å²) in [6.45, 7) is 0. The number of hydrogen-bond acceptors (Lipinski definition) is 4. The molecule has 92 valence electrons. The summed E-state index contributed by atoms with van der Waals surface area (Å²) in [5.41, 5.74) is 0.915. The van der Waals surface area contributed by atoms with Crippen LogP contribution in [0.25, 0.3) is 22.9 Å². The van der Waals surface area contributed by atoms with E-state index >= 15 is 0 Å². The first-order valence-corrected chi connectivity index (χ1v) is 5.74. The van der Waals surface area contributed by atoms with Gasteiger partial charge in [-0.2, -0.15) is 5.26 Å². The van der Waals surface area contributed by atoms with Gasteiger partial charge in [0.15, 0.2) is 5.65 Å². The van der Waals surface area contributed by atoms with Crippen LogP contribution in [0.3, 0.4) is 0 Å². The molecule has 6 heteroatoms. The van der Waals surface area contributed by atoms with Gasteiger partial charge in [-0.3, -0.25) is 9.20 Å². The molecule has 0 fully saturated rings. The van der Waals surface area contributed by atoms with Gasteiger partial charge in [0.05, 0.1) is 27.5 Å². The summed E-state index contributed by atoms with van der Waals surface area (Å²) in [6, 6.07) is 8.91. The highest BCUT2D eigenvalue weighted by molar-refractivity contribution is 6.32. The largest absolute Gasteiger partial charge is 0.515 e. The van der Waals surface area contributed by atoms with Gasteiger partial charge in [-0.25, -0.2) is 4.98 Å². The average Bonchev–Trinajstić information content (AvgIpc) is 2.79. The van der Waals surface area contributed by atoms with Gasteiger partial charge in [-0.1, -0.05) is 23.7 Å². The van der Waals surface area contributed by atoms with Crippen LogP contribution in [0.2, 0.25) is 5.02 Å². The van der Waals surface area contributed by atoms with E-state index in [0.29, 0.717) is 17.3 Å². The molecule has 5 nitrogen and oxygen atoms in total. The minimum atomic E-state index is -0.504. The Kier molecular flexibility index (Phi) is 2.40. The van der Waals surface area contributed by atoms with Crippen LogP contribution in [0, 0.1) is 11.3 Å². The Hall–Kier alpha value is -2.58. The number of aromatic nitrogens is 2. The van der Waals surface area contributed by atoms with Gasteiger partial charge in [0.25, 0.3) is 5.56 Å². The summed E-state index contributed by atoms with van der Waals surface area (Å²) in [5.74, 6) is 0. The molecule has 19 heavy (non-hydrogen) atoms. The van der Waals surface area contributed by atoms with Crippen molar-refractivity contribution < 1.29 is 5.11 Å². The highest BCUT2D eigenvalue weighted by Gasteiger charge is 2.16. The summed E-state index contributed by atoms with van der Waals surface area (Å²) in [6.07, 6.45) is 0.611. The third-order valence-electron chi connectivity index (χ3n) is 2.91. The van der Waals surface area contributed by atoms with Crippen LogP contribution in [0.1, 0.15) is 5.56 Å². The lowest BCUT2D eigenvalue weighted by atomic mass is 10.2. The second kappa shape index (κ2) is 3.97. The Morgan fingerprint density at radius 3 is 2.84 bits per heavy atom. The number of aliphatic hydroxyl groups excluding tert-OH is 1. The Bertz CT molecular complexity index is 970. The number of imidazole rings is 1. The molecule has 2 aromatic heterocycles. The topological polar surface area (TPSA) is 78.4 Å². The van der Waals surface area contributed by atoms with E-state index in [1.54, 1.807) is 24.3 Å². The number of para-hydroxylation sites is 2.